The molecule has 5 rings (SSSR count). The lowest BCUT2D eigenvalue weighted by Gasteiger charge is -2.23. The molecule has 1 aromatic carbocycles. The van der Waals surface area contributed by atoms with Gasteiger partial charge in [-0.2, -0.15) is 11.8 Å². The fourth-order valence-corrected chi connectivity index (χ4v) is 5.53. The first-order valence-corrected chi connectivity index (χ1v) is 11.3. The number of fused-ring (bicyclic) bond motifs is 1. The highest BCUT2D eigenvalue weighted by Crippen LogP contribution is 2.53. The van der Waals surface area contributed by atoms with Crippen LogP contribution < -0.4 is 4.74 Å². The van der Waals surface area contributed by atoms with Crippen LogP contribution in [0.25, 0.3) is 11.1 Å². The minimum absolute atomic E-state index is 0.0482. The van der Waals surface area contributed by atoms with E-state index in [0.29, 0.717) is 0 Å². The number of pyridine rings is 1. The van der Waals surface area contributed by atoms with Gasteiger partial charge in [-0.3, -0.25) is 4.98 Å². The second kappa shape index (κ2) is 7.39. The van der Waals surface area contributed by atoms with Crippen LogP contribution in [-0.2, 0) is 18.4 Å². The average Bonchev–Trinajstić information content (AvgIpc) is 3.53. The maximum Gasteiger partial charge on any atom is 0.143 e. The topological polar surface area (TPSA) is 73.1 Å². The van der Waals surface area contributed by atoms with Crippen molar-refractivity contribution in [1.82, 2.24) is 19.7 Å². The van der Waals surface area contributed by atoms with Gasteiger partial charge in [0.1, 0.15) is 17.4 Å². The summed E-state index contributed by atoms with van der Waals surface area (Å²) in [7, 11) is 1.68. The van der Waals surface area contributed by atoms with Gasteiger partial charge in [0, 0.05) is 41.4 Å². The quantitative estimate of drug-likeness (QED) is 0.679. The number of ether oxygens (including phenoxy) is 1. The van der Waals surface area contributed by atoms with Crippen molar-refractivity contribution >= 4 is 11.8 Å². The van der Waals surface area contributed by atoms with Crippen molar-refractivity contribution in [2.24, 2.45) is 0 Å². The zero-order valence-corrected chi connectivity index (χ0v) is 18.2. The predicted molar refractivity (Wildman–Crippen MR) is 118 cm³/mol. The molecule has 1 N–H and O–H groups in total. The van der Waals surface area contributed by atoms with Crippen LogP contribution in [0.4, 0.5) is 0 Å². The monoisotopic (exact) mass is 422 g/mol. The Bertz CT molecular complexity index is 1060. The standard InChI is InChI=1S/C23H26N4O2S/c1-22(15-28)13-20-25-26-21(27(20)11-12-30-22)23(8-9-23)17-5-3-16(4-6-17)18-14-24-10-7-19(18)29-2/h3-7,10,14,28H,8-9,11-13,15H2,1-2H3. The molecule has 2 aliphatic rings. The number of thioether (sulfide) groups is 1. The van der Waals surface area contributed by atoms with Crippen LogP contribution in [0.1, 0.15) is 37.0 Å². The van der Waals surface area contributed by atoms with Crippen LogP contribution in [0.2, 0.25) is 0 Å². The number of rotatable bonds is 5. The third kappa shape index (κ3) is 3.20. The summed E-state index contributed by atoms with van der Waals surface area (Å²) in [6.07, 6.45) is 6.51. The van der Waals surface area contributed by atoms with Gasteiger partial charge in [-0.15, -0.1) is 10.2 Å². The van der Waals surface area contributed by atoms with Crippen LogP contribution in [0, 0.1) is 0 Å². The van der Waals surface area contributed by atoms with Gasteiger partial charge in [-0.05, 0) is 37.0 Å². The highest BCUT2D eigenvalue weighted by molar-refractivity contribution is 8.00. The summed E-state index contributed by atoms with van der Waals surface area (Å²) in [5.74, 6) is 3.86. The molecule has 30 heavy (non-hydrogen) atoms. The summed E-state index contributed by atoms with van der Waals surface area (Å²) >= 11 is 1.83. The highest BCUT2D eigenvalue weighted by Gasteiger charge is 2.50. The van der Waals surface area contributed by atoms with Crippen molar-refractivity contribution < 1.29 is 9.84 Å². The van der Waals surface area contributed by atoms with E-state index in [1.807, 2.05) is 24.0 Å². The maximum absolute atomic E-state index is 9.82. The summed E-state index contributed by atoms with van der Waals surface area (Å²) in [4.78, 5) is 4.25. The van der Waals surface area contributed by atoms with Crippen LogP contribution in [0.15, 0.2) is 42.7 Å². The molecule has 0 amide bonds. The Morgan fingerprint density at radius 1 is 1.17 bits per heavy atom. The molecule has 1 saturated carbocycles. The molecule has 1 aliphatic heterocycles. The van der Waals surface area contributed by atoms with Gasteiger partial charge in [-0.25, -0.2) is 0 Å². The van der Waals surface area contributed by atoms with Gasteiger partial charge < -0.3 is 14.4 Å². The third-order valence-electron chi connectivity index (χ3n) is 6.39. The summed E-state index contributed by atoms with van der Waals surface area (Å²) in [5.41, 5.74) is 3.32. The minimum Gasteiger partial charge on any atom is -0.496 e. The van der Waals surface area contributed by atoms with Crippen molar-refractivity contribution in [2.75, 3.05) is 19.5 Å². The molecule has 0 radical (unpaired) electrons. The number of aliphatic hydroxyl groups is 1. The second-order valence-electron chi connectivity index (χ2n) is 8.46. The number of hydrogen-bond acceptors (Lipinski definition) is 6. The Kier molecular flexibility index (Phi) is 4.82. The van der Waals surface area contributed by atoms with Gasteiger partial charge in [0.25, 0.3) is 0 Å². The number of hydrogen-bond donors (Lipinski definition) is 1. The number of nitrogens with zero attached hydrogens (tertiary/aromatic N) is 4. The lowest BCUT2D eigenvalue weighted by atomic mass is 9.92. The van der Waals surface area contributed by atoms with E-state index in [0.717, 1.165) is 60.1 Å². The molecular formula is C23H26N4O2S. The highest BCUT2D eigenvalue weighted by atomic mass is 32.2. The fraction of sp³-hybridized carbons (Fsp3) is 0.435. The Morgan fingerprint density at radius 2 is 1.97 bits per heavy atom. The molecule has 1 unspecified atom stereocenters. The Morgan fingerprint density at radius 3 is 2.67 bits per heavy atom. The zero-order valence-electron chi connectivity index (χ0n) is 17.3. The van der Waals surface area contributed by atoms with E-state index in [9.17, 15) is 5.11 Å². The first-order chi connectivity index (χ1) is 14.6. The van der Waals surface area contributed by atoms with Crippen molar-refractivity contribution in [3.63, 3.8) is 0 Å². The van der Waals surface area contributed by atoms with E-state index in [2.05, 4.69) is 50.9 Å². The van der Waals surface area contributed by atoms with Crippen molar-refractivity contribution in [3.8, 4) is 16.9 Å². The van der Waals surface area contributed by atoms with E-state index < -0.39 is 0 Å². The molecule has 0 bridgehead atoms. The zero-order chi connectivity index (χ0) is 20.8. The second-order valence-corrected chi connectivity index (χ2v) is 10.1. The Balaban J connectivity index is 1.48. The van der Waals surface area contributed by atoms with Crippen LogP contribution >= 0.6 is 11.8 Å². The minimum atomic E-state index is -0.181. The van der Waals surface area contributed by atoms with E-state index in [4.69, 9.17) is 4.74 Å². The van der Waals surface area contributed by atoms with Gasteiger partial charge in [0.2, 0.25) is 0 Å². The van der Waals surface area contributed by atoms with Gasteiger partial charge in [-0.1, -0.05) is 24.3 Å². The van der Waals surface area contributed by atoms with Crippen LogP contribution in [0.3, 0.4) is 0 Å². The fourth-order valence-electron chi connectivity index (χ4n) is 4.44. The summed E-state index contributed by atoms with van der Waals surface area (Å²) in [5, 5.41) is 19.0. The molecular weight excluding hydrogens is 396 g/mol. The normalized spacial score (nSPS) is 22.2. The lowest BCUT2D eigenvalue weighted by Crippen LogP contribution is -2.28. The van der Waals surface area contributed by atoms with E-state index in [-0.39, 0.29) is 16.8 Å². The van der Waals surface area contributed by atoms with Gasteiger partial charge in [0.15, 0.2) is 0 Å². The van der Waals surface area contributed by atoms with Crippen molar-refractivity contribution in [3.05, 3.63) is 59.9 Å². The SMILES string of the molecule is COc1ccncc1-c1ccc(C2(c3nnc4n3CCSC(C)(CO)C4)CC2)cc1. The molecule has 3 aromatic rings. The summed E-state index contributed by atoms with van der Waals surface area (Å²) < 4.78 is 7.61. The molecule has 6 nitrogen and oxygen atoms in total. The van der Waals surface area contributed by atoms with Gasteiger partial charge >= 0.3 is 0 Å². The van der Waals surface area contributed by atoms with E-state index in [1.54, 1.807) is 13.3 Å². The average molecular weight is 423 g/mol. The number of benzene rings is 1. The molecule has 7 heteroatoms. The van der Waals surface area contributed by atoms with E-state index in [1.165, 1.54) is 5.56 Å². The molecule has 3 heterocycles. The summed E-state index contributed by atoms with van der Waals surface area (Å²) in [6.45, 7) is 3.16. The molecule has 2 aromatic heterocycles. The predicted octanol–water partition coefficient (Wildman–Crippen LogP) is 3.47. The first-order valence-electron chi connectivity index (χ1n) is 10.3. The molecule has 0 spiro atoms. The molecule has 1 aliphatic carbocycles. The number of aromatic nitrogens is 4. The van der Waals surface area contributed by atoms with Crippen LogP contribution in [0.5, 0.6) is 5.75 Å². The smallest absolute Gasteiger partial charge is 0.143 e. The molecule has 156 valence electrons. The van der Waals surface area contributed by atoms with Crippen LogP contribution in [-0.4, -0.2) is 49.1 Å². The van der Waals surface area contributed by atoms with Gasteiger partial charge in [0.05, 0.1) is 19.1 Å². The molecule has 1 fully saturated rings. The Labute approximate surface area is 180 Å². The first kappa shape index (κ1) is 19.6. The summed E-state index contributed by atoms with van der Waals surface area (Å²) in [6, 6.07) is 10.6. The maximum atomic E-state index is 9.82. The molecule has 0 saturated heterocycles. The number of aliphatic hydroxyl groups excluding tert-OH is 1. The Hall–Kier alpha value is -2.38. The molecule has 1 atom stereocenters. The van der Waals surface area contributed by atoms with Crippen molar-refractivity contribution in [2.45, 2.75) is 42.9 Å². The lowest BCUT2D eigenvalue weighted by molar-refractivity contribution is 0.254. The van der Waals surface area contributed by atoms with Crippen molar-refractivity contribution in [1.29, 1.82) is 0 Å². The third-order valence-corrected chi connectivity index (χ3v) is 7.74. The van der Waals surface area contributed by atoms with E-state index >= 15 is 0 Å². The number of methoxy groups -OCH3 is 1. The largest absolute Gasteiger partial charge is 0.496 e.